The highest BCUT2D eigenvalue weighted by molar-refractivity contribution is 5.89. The van der Waals surface area contributed by atoms with Gasteiger partial charge in [-0.15, -0.1) is 5.10 Å². The second kappa shape index (κ2) is 3.97. The molecule has 18 heavy (non-hydrogen) atoms. The number of nitriles is 1. The molecule has 3 rings (SSSR count). The smallest absolute Gasteiger partial charge is 0.109 e. The number of fused-ring (bicyclic) bond motifs is 1. The number of aryl methyl sites for hydroxylation is 1. The predicted molar refractivity (Wildman–Crippen MR) is 68.8 cm³/mol. The summed E-state index contributed by atoms with van der Waals surface area (Å²) >= 11 is 0. The van der Waals surface area contributed by atoms with Crippen molar-refractivity contribution in [3.63, 3.8) is 0 Å². The lowest BCUT2D eigenvalue weighted by Gasteiger charge is -1.96. The molecule has 4 heteroatoms. The quantitative estimate of drug-likeness (QED) is 0.704. The Morgan fingerprint density at radius 1 is 1.28 bits per heavy atom. The van der Waals surface area contributed by atoms with Crippen LogP contribution in [0.25, 0.3) is 22.3 Å². The summed E-state index contributed by atoms with van der Waals surface area (Å²) < 4.78 is 0. The van der Waals surface area contributed by atoms with Crippen molar-refractivity contribution in [3.05, 3.63) is 47.7 Å². The summed E-state index contributed by atoms with van der Waals surface area (Å²) in [5.41, 5.74) is 4.32. The standard InChI is InChI=1S/C14H10N4/c1-9-5-14(18-16-8-9)13-6-11-10(7-15)3-2-4-12(11)17-13/h2-6,8,17H,1H3. The minimum Gasteiger partial charge on any atom is -0.353 e. The van der Waals surface area contributed by atoms with Gasteiger partial charge in [-0.1, -0.05) is 6.07 Å². The van der Waals surface area contributed by atoms with Gasteiger partial charge in [-0.25, -0.2) is 0 Å². The fraction of sp³-hybridized carbons (Fsp3) is 0.0714. The first-order valence-electron chi connectivity index (χ1n) is 5.59. The van der Waals surface area contributed by atoms with Crippen molar-refractivity contribution in [1.82, 2.24) is 15.2 Å². The molecule has 0 fully saturated rings. The summed E-state index contributed by atoms with van der Waals surface area (Å²) in [6.07, 6.45) is 1.72. The minimum absolute atomic E-state index is 0.663. The Labute approximate surface area is 104 Å². The Bertz CT molecular complexity index is 765. The summed E-state index contributed by atoms with van der Waals surface area (Å²) in [5, 5.41) is 18.0. The van der Waals surface area contributed by atoms with Gasteiger partial charge in [0.2, 0.25) is 0 Å². The van der Waals surface area contributed by atoms with Gasteiger partial charge in [0, 0.05) is 10.9 Å². The zero-order chi connectivity index (χ0) is 12.5. The van der Waals surface area contributed by atoms with E-state index in [1.807, 2.05) is 37.3 Å². The highest BCUT2D eigenvalue weighted by atomic mass is 15.1. The molecule has 0 spiro atoms. The number of aromatic nitrogens is 3. The van der Waals surface area contributed by atoms with Crippen LogP contribution in [0.1, 0.15) is 11.1 Å². The third kappa shape index (κ3) is 1.62. The molecule has 0 aliphatic carbocycles. The molecule has 4 nitrogen and oxygen atoms in total. The average Bonchev–Trinajstić information content (AvgIpc) is 2.82. The second-order valence-corrected chi connectivity index (χ2v) is 4.18. The topological polar surface area (TPSA) is 65.4 Å². The molecular weight excluding hydrogens is 224 g/mol. The molecule has 1 aromatic carbocycles. The maximum atomic E-state index is 9.07. The van der Waals surface area contributed by atoms with E-state index < -0.39 is 0 Å². The maximum Gasteiger partial charge on any atom is 0.109 e. The van der Waals surface area contributed by atoms with E-state index in [2.05, 4.69) is 21.3 Å². The largest absolute Gasteiger partial charge is 0.353 e. The van der Waals surface area contributed by atoms with Crippen molar-refractivity contribution >= 4 is 10.9 Å². The van der Waals surface area contributed by atoms with Crippen molar-refractivity contribution < 1.29 is 0 Å². The minimum atomic E-state index is 0.663. The lowest BCUT2D eigenvalue weighted by molar-refractivity contribution is 1.02. The average molecular weight is 234 g/mol. The summed E-state index contributed by atoms with van der Waals surface area (Å²) in [5.74, 6) is 0. The Morgan fingerprint density at radius 3 is 2.94 bits per heavy atom. The molecule has 0 amide bonds. The molecule has 3 aromatic rings. The van der Waals surface area contributed by atoms with E-state index in [4.69, 9.17) is 5.26 Å². The molecule has 2 heterocycles. The van der Waals surface area contributed by atoms with E-state index in [-0.39, 0.29) is 0 Å². The molecule has 0 saturated carbocycles. The number of benzene rings is 1. The number of H-pyrrole nitrogens is 1. The van der Waals surface area contributed by atoms with Crippen molar-refractivity contribution in [3.8, 4) is 17.5 Å². The van der Waals surface area contributed by atoms with Crippen molar-refractivity contribution in [2.45, 2.75) is 6.92 Å². The van der Waals surface area contributed by atoms with Crippen LogP contribution in [0, 0.1) is 18.3 Å². The molecule has 0 bridgehead atoms. The second-order valence-electron chi connectivity index (χ2n) is 4.18. The molecule has 0 aliphatic heterocycles. The number of hydrogen-bond donors (Lipinski definition) is 1. The molecule has 86 valence electrons. The molecule has 0 saturated heterocycles. The van der Waals surface area contributed by atoms with Crippen molar-refractivity contribution in [2.75, 3.05) is 0 Å². The highest BCUT2D eigenvalue weighted by Gasteiger charge is 2.08. The normalized spacial score (nSPS) is 10.4. The third-order valence-electron chi connectivity index (χ3n) is 2.85. The van der Waals surface area contributed by atoms with Crippen LogP contribution in [0.4, 0.5) is 0 Å². The summed E-state index contributed by atoms with van der Waals surface area (Å²) in [6, 6.07) is 11.7. The fourth-order valence-electron chi connectivity index (χ4n) is 1.99. The van der Waals surface area contributed by atoms with Gasteiger partial charge in [0.05, 0.1) is 23.5 Å². The molecule has 2 aromatic heterocycles. The first kappa shape index (κ1) is 10.5. The lowest BCUT2D eigenvalue weighted by atomic mass is 10.1. The Balaban J connectivity index is 2.23. The summed E-state index contributed by atoms with van der Waals surface area (Å²) in [7, 11) is 0. The van der Waals surface area contributed by atoms with E-state index in [9.17, 15) is 0 Å². The third-order valence-corrected chi connectivity index (χ3v) is 2.85. The molecule has 0 unspecified atom stereocenters. The first-order chi connectivity index (χ1) is 8.78. The van der Waals surface area contributed by atoms with Crippen LogP contribution >= 0.6 is 0 Å². The molecule has 0 atom stereocenters. The van der Waals surface area contributed by atoms with Crippen LogP contribution in [0.5, 0.6) is 0 Å². The van der Waals surface area contributed by atoms with Gasteiger partial charge in [-0.2, -0.15) is 10.4 Å². The highest BCUT2D eigenvalue weighted by Crippen LogP contribution is 2.25. The van der Waals surface area contributed by atoms with E-state index >= 15 is 0 Å². The van der Waals surface area contributed by atoms with Gasteiger partial charge >= 0.3 is 0 Å². The van der Waals surface area contributed by atoms with Gasteiger partial charge < -0.3 is 4.98 Å². The van der Waals surface area contributed by atoms with Gasteiger partial charge in [0.25, 0.3) is 0 Å². The number of nitrogens with one attached hydrogen (secondary N) is 1. The van der Waals surface area contributed by atoms with E-state index in [0.717, 1.165) is 27.9 Å². The van der Waals surface area contributed by atoms with Crippen molar-refractivity contribution in [2.24, 2.45) is 0 Å². The fourth-order valence-corrected chi connectivity index (χ4v) is 1.99. The van der Waals surface area contributed by atoms with Crippen LogP contribution in [0.2, 0.25) is 0 Å². The van der Waals surface area contributed by atoms with Crippen LogP contribution in [0.3, 0.4) is 0 Å². The van der Waals surface area contributed by atoms with Crippen molar-refractivity contribution in [1.29, 1.82) is 5.26 Å². The Hall–Kier alpha value is -2.67. The van der Waals surface area contributed by atoms with Gasteiger partial charge in [-0.3, -0.25) is 0 Å². The van der Waals surface area contributed by atoms with Gasteiger partial charge in [-0.05, 0) is 36.8 Å². The van der Waals surface area contributed by atoms with E-state index in [0.29, 0.717) is 5.56 Å². The SMILES string of the molecule is Cc1cnnc(-c2cc3c(C#N)cccc3[nH]2)c1. The van der Waals surface area contributed by atoms with E-state index in [1.165, 1.54) is 0 Å². The Morgan fingerprint density at radius 2 is 2.17 bits per heavy atom. The molecule has 0 radical (unpaired) electrons. The summed E-state index contributed by atoms with van der Waals surface area (Å²) in [4.78, 5) is 3.26. The Kier molecular flexibility index (Phi) is 2.31. The lowest BCUT2D eigenvalue weighted by Crippen LogP contribution is -1.88. The zero-order valence-corrected chi connectivity index (χ0v) is 9.81. The zero-order valence-electron chi connectivity index (χ0n) is 9.81. The van der Waals surface area contributed by atoms with Crippen LogP contribution in [-0.4, -0.2) is 15.2 Å². The van der Waals surface area contributed by atoms with Gasteiger partial charge in [0.1, 0.15) is 5.69 Å². The predicted octanol–water partition coefficient (Wildman–Crippen LogP) is 2.80. The van der Waals surface area contributed by atoms with Crippen LogP contribution in [-0.2, 0) is 0 Å². The number of hydrogen-bond acceptors (Lipinski definition) is 3. The van der Waals surface area contributed by atoms with E-state index in [1.54, 1.807) is 6.20 Å². The maximum absolute atomic E-state index is 9.07. The molecular formula is C14H10N4. The first-order valence-corrected chi connectivity index (χ1v) is 5.59. The monoisotopic (exact) mass is 234 g/mol. The number of aromatic amines is 1. The summed E-state index contributed by atoms with van der Waals surface area (Å²) in [6.45, 7) is 1.97. The van der Waals surface area contributed by atoms with Crippen LogP contribution in [0.15, 0.2) is 36.5 Å². The number of rotatable bonds is 1. The van der Waals surface area contributed by atoms with Gasteiger partial charge in [0.15, 0.2) is 0 Å². The number of nitrogens with zero attached hydrogens (tertiary/aromatic N) is 3. The van der Waals surface area contributed by atoms with Crippen LogP contribution < -0.4 is 0 Å². The molecule has 1 N–H and O–H groups in total. The molecule has 0 aliphatic rings.